The summed E-state index contributed by atoms with van der Waals surface area (Å²) in [5, 5.41) is 0. The molecule has 21 heavy (non-hydrogen) atoms. The van der Waals surface area contributed by atoms with Crippen molar-refractivity contribution in [1.82, 2.24) is 0 Å². The molecule has 1 saturated heterocycles. The number of carbonyl (C=O) groups excluding carboxylic acids is 1. The topological polar surface area (TPSA) is 44.8 Å². The van der Waals surface area contributed by atoms with Gasteiger partial charge in [0.2, 0.25) is 0 Å². The first-order valence-corrected chi connectivity index (χ1v) is 7.91. The van der Waals surface area contributed by atoms with E-state index in [1.807, 2.05) is 6.08 Å². The highest BCUT2D eigenvalue weighted by molar-refractivity contribution is 5.69. The number of methoxy groups -OCH3 is 1. The summed E-state index contributed by atoms with van der Waals surface area (Å²) < 4.78 is 15.7. The minimum atomic E-state index is -0.156. The molecule has 0 bridgehead atoms. The molecule has 0 spiro atoms. The predicted octanol–water partition coefficient (Wildman–Crippen LogP) is 3.76. The van der Waals surface area contributed by atoms with Crippen LogP contribution in [0.15, 0.2) is 24.3 Å². The SMILES string of the molecule is CCCCC/C=C\[C@@H]1OCO[C@H]1/C=C\CCCC(=O)OC. The van der Waals surface area contributed by atoms with E-state index in [1.54, 1.807) is 0 Å². The Kier molecular flexibility index (Phi) is 9.83. The van der Waals surface area contributed by atoms with Gasteiger partial charge in [-0.3, -0.25) is 4.79 Å². The summed E-state index contributed by atoms with van der Waals surface area (Å²) >= 11 is 0. The van der Waals surface area contributed by atoms with Crippen LogP contribution in [0.25, 0.3) is 0 Å². The van der Waals surface area contributed by atoms with Crippen LogP contribution in [0.1, 0.15) is 51.9 Å². The zero-order chi connectivity index (χ0) is 15.3. The van der Waals surface area contributed by atoms with Gasteiger partial charge in [-0.2, -0.15) is 0 Å². The number of rotatable bonds is 10. The Balaban J connectivity index is 2.21. The number of carbonyl (C=O) groups is 1. The van der Waals surface area contributed by atoms with Crippen molar-refractivity contribution >= 4 is 5.97 Å². The number of hydrogen-bond acceptors (Lipinski definition) is 4. The van der Waals surface area contributed by atoms with Gasteiger partial charge in [-0.05, 0) is 25.7 Å². The van der Waals surface area contributed by atoms with Crippen LogP contribution in [-0.2, 0) is 19.0 Å². The Labute approximate surface area is 128 Å². The van der Waals surface area contributed by atoms with E-state index in [0.717, 1.165) is 19.3 Å². The molecule has 4 heteroatoms. The van der Waals surface area contributed by atoms with Gasteiger partial charge < -0.3 is 14.2 Å². The van der Waals surface area contributed by atoms with Gasteiger partial charge >= 0.3 is 5.97 Å². The van der Waals surface area contributed by atoms with Gasteiger partial charge in [0.1, 0.15) is 19.0 Å². The average molecular weight is 296 g/mol. The van der Waals surface area contributed by atoms with E-state index in [0.29, 0.717) is 13.2 Å². The van der Waals surface area contributed by atoms with Crippen molar-refractivity contribution in [3.8, 4) is 0 Å². The molecule has 1 fully saturated rings. The van der Waals surface area contributed by atoms with Crippen molar-refractivity contribution in [1.29, 1.82) is 0 Å². The van der Waals surface area contributed by atoms with Crippen LogP contribution in [0, 0.1) is 0 Å². The van der Waals surface area contributed by atoms with Crippen LogP contribution in [0.5, 0.6) is 0 Å². The smallest absolute Gasteiger partial charge is 0.305 e. The number of hydrogen-bond donors (Lipinski definition) is 0. The molecular weight excluding hydrogens is 268 g/mol. The second kappa shape index (κ2) is 11.5. The lowest BCUT2D eigenvalue weighted by atomic mass is 10.1. The first-order valence-electron chi connectivity index (χ1n) is 7.91. The molecule has 120 valence electrons. The Morgan fingerprint density at radius 1 is 1.10 bits per heavy atom. The summed E-state index contributed by atoms with van der Waals surface area (Å²) in [6.45, 7) is 2.56. The van der Waals surface area contributed by atoms with Crippen molar-refractivity contribution in [3.63, 3.8) is 0 Å². The quantitative estimate of drug-likeness (QED) is 0.350. The van der Waals surface area contributed by atoms with E-state index < -0.39 is 0 Å². The largest absolute Gasteiger partial charge is 0.469 e. The minimum absolute atomic E-state index is 0.00875. The number of esters is 1. The van der Waals surface area contributed by atoms with Crippen molar-refractivity contribution in [2.24, 2.45) is 0 Å². The van der Waals surface area contributed by atoms with Crippen LogP contribution in [0.4, 0.5) is 0 Å². The lowest BCUT2D eigenvalue weighted by molar-refractivity contribution is -0.140. The third-order valence-corrected chi connectivity index (χ3v) is 3.45. The highest BCUT2D eigenvalue weighted by Gasteiger charge is 2.24. The third kappa shape index (κ3) is 8.02. The molecule has 0 aromatic carbocycles. The second-order valence-corrected chi connectivity index (χ2v) is 5.20. The maximum Gasteiger partial charge on any atom is 0.305 e. The van der Waals surface area contributed by atoms with Crippen molar-refractivity contribution < 1.29 is 19.0 Å². The summed E-state index contributed by atoms with van der Waals surface area (Å²) in [6, 6.07) is 0. The van der Waals surface area contributed by atoms with Crippen LogP contribution < -0.4 is 0 Å². The summed E-state index contributed by atoms with van der Waals surface area (Å²) in [4.78, 5) is 11.0. The van der Waals surface area contributed by atoms with Gasteiger partial charge in [0.25, 0.3) is 0 Å². The molecule has 0 aliphatic carbocycles. The maximum absolute atomic E-state index is 11.0. The molecule has 0 saturated carbocycles. The second-order valence-electron chi connectivity index (χ2n) is 5.20. The molecule has 1 heterocycles. The van der Waals surface area contributed by atoms with Crippen molar-refractivity contribution in [3.05, 3.63) is 24.3 Å². The molecule has 0 unspecified atom stereocenters. The van der Waals surface area contributed by atoms with Crippen molar-refractivity contribution in [2.45, 2.75) is 64.1 Å². The average Bonchev–Trinajstić information content (AvgIpc) is 2.94. The minimum Gasteiger partial charge on any atom is -0.469 e. The molecule has 0 radical (unpaired) electrons. The molecule has 0 aromatic rings. The van der Waals surface area contributed by atoms with E-state index in [9.17, 15) is 4.79 Å². The predicted molar refractivity (Wildman–Crippen MR) is 82.9 cm³/mol. The van der Waals surface area contributed by atoms with Crippen LogP contribution >= 0.6 is 0 Å². The molecule has 1 rings (SSSR count). The highest BCUT2D eigenvalue weighted by Crippen LogP contribution is 2.16. The Bertz CT molecular complexity index is 336. The number of unbranched alkanes of at least 4 members (excludes halogenated alkanes) is 4. The molecule has 0 aromatic heterocycles. The Morgan fingerprint density at radius 3 is 2.29 bits per heavy atom. The fraction of sp³-hybridized carbons (Fsp3) is 0.706. The zero-order valence-corrected chi connectivity index (χ0v) is 13.3. The summed E-state index contributed by atoms with van der Waals surface area (Å²) in [5.74, 6) is -0.156. The summed E-state index contributed by atoms with van der Waals surface area (Å²) in [6.07, 6.45) is 15.3. The van der Waals surface area contributed by atoms with Gasteiger partial charge in [-0.15, -0.1) is 0 Å². The van der Waals surface area contributed by atoms with Gasteiger partial charge in [0.15, 0.2) is 0 Å². The van der Waals surface area contributed by atoms with Gasteiger partial charge in [-0.25, -0.2) is 0 Å². The number of allylic oxidation sites excluding steroid dienone is 2. The molecule has 1 aliphatic heterocycles. The van der Waals surface area contributed by atoms with Gasteiger partial charge in [-0.1, -0.05) is 44.1 Å². The third-order valence-electron chi connectivity index (χ3n) is 3.45. The first-order chi connectivity index (χ1) is 10.3. The zero-order valence-electron chi connectivity index (χ0n) is 13.3. The normalized spacial score (nSPS) is 22.4. The van der Waals surface area contributed by atoms with Crippen LogP contribution in [0.2, 0.25) is 0 Å². The van der Waals surface area contributed by atoms with E-state index in [-0.39, 0.29) is 18.2 Å². The first kappa shape index (κ1) is 17.9. The fourth-order valence-corrected chi connectivity index (χ4v) is 2.16. The molecule has 2 atom stereocenters. The monoisotopic (exact) mass is 296 g/mol. The molecule has 4 nitrogen and oxygen atoms in total. The highest BCUT2D eigenvalue weighted by atomic mass is 16.7. The lowest BCUT2D eigenvalue weighted by Gasteiger charge is -2.08. The van der Waals surface area contributed by atoms with E-state index in [1.165, 1.54) is 26.4 Å². The van der Waals surface area contributed by atoms with E-state index in [4.69, 9.17) is 9.47 Å². The fourth-order valence-electron chi connectivity index (χ4n) is 2.16. The maximum atomic E-state index is 11.0. The molecular formula is C17H28O4. The molecule has 0 N–H and O–H groups in total. The van der Waals surface area contributed by atoms with Gasteiger partial charge in [0.05, 0.1) is 7.11 Å². The van der Waals surface area contributed by atoms with Crippen LogP contribution in [-0.4, -0.2) is 32.1 Å². The lowest BCUT2D eigenvalue weighted by Crippen LogP contribution is -2.17. The van der Waals surface area contributed by atoms with Gasteiger partial charge in [0, 0.05) is 6.42 Å². The van der Waals surface area contributed by atoms with Crippen molar-refractivity contribution in [2.75, 3.05) is 13.9 Å². The Morgan fingerprint density at radius 2 is 1.71 bits per heavy atom. The Hall–Kier alpha value is -1.13. The molecule has 0 amide bonds. The standard InChI is InChI=1S/C17H28O4/c1-3-4-5-6-8-11-15-16(21-14-20-15)12-9-7-10-13-17(18)19-2/h8-9,11-12,15-16H,3-7,10,13-14H2,1-2H3/b11-8-,12-9-/t15-,16-/m0/s1. The summed E-state index contributed by atoms with van der Waals surface area (Å²) in [5.41, 5.74) is 0. The van der Waals surface area contributed by atoms with E-state index >= 15 is 0 Å². The number of ether oxygens (including phenoxy) is 3. The summed E-state index contributed by atoms with van der Waals surface area (Å²) in [7, 11) is 1.42. The molecule has 1 aliphatic rings. The van der Waals surface area contributed by atoms with Crippen LogP contribution in [0.3, 0.4) is 0 Å². The van der Waals surface area contributed by atoms with E-state index in [2.05, 4.69) is 29.9 Å².